The zero-order valence-electron chi connectivity index (χ0n) is 9.18. The molecule has 0 aromatic carbocycles. The Labute approximate surface area is 81.9 Å². The van der Waals surface area contributed by atoms with Crippen LogP contribution in [0.3, 0.4) is 0 Å². The fourth-order valence-electron chi connectivity index (χ4n) is 3.43. The summed E-state index contributed by atoms with van der Waals surface area (Å²) in [6.45, 7) is 8.88. The molecular weight excluding hydrogens is 160 g/mol. The third kappa shape index (κ3) is 1.41. The largest absolute Gasteiger partial charge is 0.381 e. The van der Waals surface area contributed by atoms with Crippen LogP contribution in [0.1, 0.15) is 40.0 Å². The van der Waals surface area contributed by atoms with Gasteiger partial charge in [-0.1, -0.05) is 13.8 Å². The van der Waals surface area contributed by atoms with E-state index in [1.54, 1.807) is 0 Å². The number of hydrogen-bond acceptors (Lipinski definition) is 1. The van der Waals surface area contributed by atoms with Crippen molar-refractivity contribution < 1.29 is 4.74 Å². The third-order valence-corrected chi connectivity index (χ3v) is 4.54. The van der Waals surface area contributed by atoms with Gasteiger partial charge in [-0.25, -0.2) is 0 Å². The smallest absolute Gasteiger partial charge is 0.0496 e. The first-order chi connectivity index (χ1) is 6.16. The molecule has 3 rings (SSSR count). The quantitative estimate of drug-likeness (QED) is 0.651. The van der Waals surface area contributed by atoms with Crippen molar-refractivity contribution in [3.05, 3.63) is 0 Å². The van der Waals surface area contributed by atoms with Gasteiger partial charge in [-0.05, 0) is 49.4 Å². The van der Waals surface area contributed by atoms with Crippen LogP contribution < -0.4 is 0 Å². The zero-order chi connectivity index (χ0) is 9.47. The molecule has 0 aliphatic heterocycles. The van der Waals surface area contributed by atoms with Gasteiger partial charge < -0.3 is 4.74 Å². The Morgan fingerprint density at radius 3 is 2.62 bits per heavy atom. The van der Waals surface area contributed by atoms with Gasteiger partial charge >= 0.3 is 0 Å². The predicted octanol–water partition coefficient (Wildman–Crippen LogP) is 3.10. The van der Waals surface area contributed by atoms with E-state index < -0.39 is 0 Å². The number of hydrogen-bond donors (Lipinski definition) is 0. The summed E-state index contributed by atoms with van der Waals surface area (Å²) in [5.74, 6) is 2.84. The van der Waals surface area contributed by atoms with Gasteiger partial charge in [0.25, 0.3) is 0 Å². The molecule has 3 aliphatic rings. The maximum absolute atomic E-state index is 5.56. The summed E-state index contributed by atoms with van der Waals surface area (Å²) < 4.78 is 5.56. The van der Waals surface area contributed by atoms with Gasteiger partial charge in [-0.3, -0.25) is 0 Å². The molecule has 2 bridgehead atoms. The highest BCUT2D eigenvalue weighted by molar-refractivity contribution is 5.03. The van der Waals surface area contributed by atoms with Crippen molar-refractivity contribution in [2.24, 2.45) is 23.2 Å². The average Bonchev–Trinajstić information content (AvgIpc) is 2.14. The molecule has 1 heteroatoms. The van der Waals surface area contributed by atoms with E-state index in [2.05, 4.69) is 20.8 Å². The van der Waals surface area contributed by atoms with Gasteiger partial charge in [0.15, 0.2) is 0 Å². The van der Waals surface area contributed by atoms with Crippen LogP contribution in [-0.4, -0.2) is 13.2 Å². The van der Waals surface area contributed by atoms with E-state index in [1.807, 2.05) is 0 Å². The van der Waals surface area contributed by atoms with Gasteiger partial charge in [-0.2, -0.15) is 0 Å². The summed E-state index contributed by atoms with van der Waals surface area (Å²) >= 11 is 0. The molecule has 0 aromatic rings. The first-order valence-electron chi connectivity index (χ1n) is 5.74. The summed E-state index contributed by atoms with van der Waals surface area (Å²) in [5, 5.41) is 0. The monoisotopic (exact) mass is 182 g/mol. The normalized spacial score (nSPS) is 41.3. The van der Waals surface area contributed by atoms with Crippen LogP contribution in [0.5, 0.6) is 0 Å². The second-order valence-electron chi connectivity index (χ2n) is 5.36. The van der Waals surface area contributed by atoms with Crippen LogP contribution >= 0.6 is 0 Å². The van der Waals surface area contributed by atoms with Gasteiger partial charge in [0, 0.05) is 13.2 Å². The van der Waals surface area contributed by atoms with E-state index in [-0.39, 0.29) is 0 Å². The lowest BCUT2D eigenvalue weighted by molar-refractivity contribution is -0.123. The molecule has 1 nitrogen and oxygen atoms in total. The molecule has 0 amide bonds. The minimum Gasteiger partial charge on any atom is -0.381 e. The van der Waals surface area contributed by atoms with Crippen LogP contribution in [0.25, 0.3) is 0 Å². The Morgan fingerprint density at radius 2 is 2.08 bits per heavy atom. The molecule has 3 atom stereocenters. The summed E-state index contributed by atoms with van der Waals surface area (Å²) in [6.07, 6.45) is 4.34. The van der Waals surface area contributed by atoms with Crippen molar-refractivity contribution in [2.45, 2.75) is 40.0 Å². The van der Waals surface area contributed by atoms with Crippen LogP contribution in [0.15, 0.2) is 0 Å². The minimum atomic E-state index is 0.625. The number of fused-ring (bicyclic) bond motifs is 2. The Bertz CT molecular complexity index is 184. The number of rotatable bonds is 3. The molecule has 0 saturated heterocycles. The molecule has 0 heterocycles. The maximum atomic E-state index is 5.56. The second kappa shape index (κ2) is 3.27. The molecule has 13 heavy (non-hydrogen) atoms. The maximum Gasteiger partial charge on any atom is 0.0496 e. The van der Waals surface area contributed by atoms with Crippen LogP contribution in [0.2, 0.25) is 0 Å². The minimum absolute atomic E-state index is 0.625. The fourth-order valence-corrected chi connectivity index (χ4v) is 3.43. The molecule has 0 radical (unpaired) electrons. The Hall–Kier alpha value is -0.0400. The van der Waals surface area contributed by atoms with Gasteiger partial charge in [0.2, 0.25) is 0 Å². The molecule has 3 fully saturated rings. The molecule has 0 spiro atoms. The van der Waals surface area contributed by atoms with E-state index >= 15 is 0 Å². The standard InChI is InChI=1S/C12H22O/c1-4-13-8-9-5-6-10-7-11(9)12(10,2)3/h9-11H,4-8H2,1-3H3. The lowest BCUT2D eigenvalue weighted by Gasteiger charge is -2.60. The van der Waals surface area contributed by atoms with Crippen LogP contribution in [0, 0.1) is 23.2 Å². The van der Waals surface area contributed by atoms with Crippen LogP contribution in [-0.2, 0) is 4.74 Å². The summed E-state index contributed by atoms with van der Waals surface area (Å²) in [6, 6.07) is 0. The topological polar surface area (TPSA) is 9.23 Å². The van der Waals surface area contributed by atoms with E-state index in [0.29, 0.717) is 5.41 Å². The molecule has 0 N–H and O–H groups in total. The highest BCUT2D eigenvalue weighted by Gasteiger charge is 2.53. The predicted molar refractivity (Wildman–Crippen MR) is 54.6 cm³/mol. The van der Waals surface area contributed by atoms with E-state index in [0.717, 1.165) is 31.0 Å². The van der Waals surface area contributed by atoms with E-state index in [1.165, 1.54) is 19.3 Å². The summed E-state index contributed by atoms with van der Waals surface area (Å²) in [7, 11) is 0. The SMILES string of the molecule is CCOCC1CCC2CC1C2(C)C. The average molecular weight is 182 g/mol. The van der Waals surface area contributed by atoms with Gasteiger partial charge in [0.1, 0.15) is 0 Å². The lowest BCUT2D eigenvalue weighted by Crippen LogP contribution is -2.53. The highest BCUT2D eigenvalue weighted by Crippen LogP contribution is 2.61. The van der Waals surface area contributed by atoms with Gasteiger partial charge in [-0.15, -0.1) is 0 Å². The van der Waals surface area contributed by atoms with Gasteiger partial charge in [0.05, 0.1) is 0 Å². The van der Waals surface area contributed by atoms with E-state index in [4.69, 9.17) is 4.74 Å². The van der Waals surface area contributed by atoms with Crippen LogP contribution in [0.4, 0.5) is 0 Å². The molecule has 3 unspecified atom stereocenters. The van der Waals surface area contributed by atoms with Crippen molar-refractivity contribution in [3.63, 3.8) is 0 Å². The zero-order valence-corrected chi connectivity index (χ0v) is 9.18. The fraction of sp³-hybridized carbons (Fsp3) is 1.00. The van der Waals surface area contributed by atoms with E-state index in [9.17, 15) is 0 Å². The van der Waals surface area contributed by atoms with Crippen molar-refractivity contribution in [1.29, 1.82) is 0 Å². The second-order valence-corrected chi connectivity index (χ2v) is 5.36. The highest BCUT2D eigenvalue weighted by atomic mass is 16.5. The number of ether oxygens (including phenoxy) is 1. The summed E-state index contributed by atoms with van der Waals surface area (Å²) in [5.41, 5.74) is 0.625. The molecule has 3 saturated carbocycles. The van der Waals surface area contributed by atoms with Crippen molar-refractivity contribution >= 4 is 0 Å². The van der Waals surface area contributed by atoms with Crippen molar-refractivity contribution in [2.75, 3.05) is 13.2 Å². The first kappa shape index (κ1) is 9.51. The Morgan fingerprint density at radius 1 is 1.31 bits per heavy atom. The Kier molecular flexibility index (Phi) is 2.39. The molecule has 3 aliphatic carbocycles. The van der Waals surface area contributed by atoms with Crippen molar-refractivity contribution in [3.8, 4) is 0 Å². The third-order valence-electron chi connectivity index (χ3n) is 4.54. The molecule has 76 valence electrons. The first-order valence-corrected chi connectivity index (χ1v) is 5.74. The lowest BCUT2D eigenvalue weighted by atomic mass is 9.46. The molecule has 0 aromatic heterocycles. The Balaban J connectivity index is 1.91. The molecular formula is C12H22O. The van der Waals surface area contributed by atoms with Crippen molar-refractivity contribution in [1.82, 2.24) is 0 Å². The summed E-state index contributed by atoms with van der Waals surface area (Å²) in [4.78, 5) is 0.